The highest BCUT2D eigenvalue weighted by Gasteiger charge is 2.22. The lowest BCUT2D eigenvalue weighted by atomic mass is 9.95. The molecule has 0 aliphatic rings. The van der Waals surface area contributed by atoms with Crippen LogP contribution in [0.1, 0.15) is 0 Å². The van der Waals surface area contributed by atoms with E-state index in [1.807, 2.05) is 24.3 Å². The topological polar surface area (TPSA) is 56.2 Å². The summed E-state index contributed by atoms with van der Waals surface area (Å²) < 4.78 is 8.40. The zero-order chi connectivity index (χ0) is 41.0. The molecule has 0 saturated heterocycles. The van der Waals surface area contributed by atoms with Crippen LogP contribution in [0.3, 0.4) is 0 Å². The molecule has 0 spiro atoms. The predicted octanol–water partition coefficient (Wildman–Crippen LogP) is 14.8. The number of benzene rings is 8. The molecule has 4 heterocycles. The van der Waals surface area contributed by atoms with E-state index in [1.165, 1.54) is 0 Å². The van der Waals surface area contributed by atoms with E-state index in [2.05, 4.69) is 199 Å². The SMILES string of the molecule is c1ccc(-c2cc(-c3cccc(-c4c(-c5ccccc5)nn5c(-c6ccccc6)cc6ccccc6c45)c3)nc(-c3cccc(-c4ccc5c(c4)oc4ccccc45)c3)n2)cc1. The highest BCUT2D eigenvalue weighted by molar-refractivity contribution is 6.09. The van der Waals surface area contributed by atoms with Crippen molar-refractivity contribution in [3.63, 3.8) is 0 Å². The number of furan rings is 1. The van der Waals surface area contributed by atoms with Gasteiger partial charge in [-0.2, -0.15) is 5.10 Å². The van der Waals surface area contributed by atoms with Gasteiger partial charge in [0.25, 0.3) is 0 Å². The van der Waals surface area contributed by atoms with Crippen LogP contribution in [0.2, 0.25) is 0 Å². The van der Waals surface area contributed by atoms with Crippen molar-refractivity contribution < 1.29 is 4.42 Å². The van der Waals surface area contributed by atoms with Crippen LogP contribution in [0.5, 0.6) is 0 Å². The van der Waals surface area contributed by atoms with Crippen LogP contribution in [0.15, 0.2) is 223 Å². The van der Waals surface area contributed by atoms with Gasteiger partial charge < -0.3 is 4.42 Å². The highest BCUT2D eigenvalue weighted by atomic mass is 16.3. The monoisotopic (exact) mass is 792 g/mol. The molecule has 62 heavy (non-hydrogen) atoms. The fourth-order valence-electron chi connectivity index (χ4n) is 8.83. The fraction of sp³-hybridized carbons (Fsp3) is 0. The van der Waals surface area contributed by atoms with Crippen molar-refractivity contribution in [1.82, 2.24) is 19.6 Å². The van der Waals surface area contributed by atoms with Gasteiger partial charge in [-0.1, -0.05) is 176 Å². The van der Waals surface area contributed by atoms with E-state index in [-0.39, 0.29) is 0 Å². The highest BCUT2D eigenvalue weighted by Crippen LogP contribution is 2.42. The molecule has 5 heteroatoms. The normalized spacial score (nSPS) is 11.5. The summed E-state index contributed by atoms with van der Waals surface area (Å²) in [5.74, 6) is 0.651. The average molecular weight is 793 g/mol. The van der Waals surface area contributed by atoms with Crippen LogP contribution in [0.25, 0.3) is 117 Å². The first kappa shape index (κ1) is 35.5. The third-order valence-corrected chi connectivity index (χ3v) is 11.8. The number of aromatic nitrogens is 4. The minimum atomic E-state index is 0.651. The molecule has 0 aliphatic heterocycles. The van der Waals surface area contributed by atoms with Crippen molar-refractivity contribution in [1.29, 1.82) is 0 Å². The van der Waals surface area contributed by atoms with Gasteiger partial charge in [0.15, 0.2) is 5.82 Å². The standard InChI is InChI=1S/C57H36N4O/c1-4-16-37(17-5-1)49-36-50(59-57(58-49)45-26-14-23-40(32-45)41-30-31-48-47-28-12-13-29-52(47)62-53(48)35-41)43-24-15-25-44(33-43)54-55(39-20-8-3-9-21-39)60-61-51(38-18-6-2-7-19-38)34-42-22-10-11-27-46(42)56(54)61/h1-36H. The first-order valence-corrected chi connectivity index (χ1v) is 20.8. The van der Waals surface area contributed by atoms with Gasteiger partial charge >= 0.3 is 0 Å². The van der Waals surface area contributed by atoms with Gasteiger partial charge in [0.1, 0.15) is 16.9 Å². The minimum Gasteiger partial charge on any atom is -0.456 e. The maximum atomic E-state index is 6.27. The lowest BCUT2D eigenvalue weighted by Gasteiger charge is -2.13. The molecule has 0 atom stereocenters. The van der Waals surface area contributed by atoms with E-state index in [9.17, 15) is 0 Å². The van der Waals surface area contributed by atoms with Crippen molar-refractivity contribution in [3.8, 4) is 78.7 Å². The molecule has 0 bridgehead atoms. The Morgan fingerprint density at radius 3 is 1.71 bits per heavy atom. The van der Waals surface area contributed by atoms with Gasteiger partial charge in [-0.05, 0) is 64.5 Å². The lowest BCUT2D eigenvalue weighted by molar-refractivity contribution is 0.669. The minimum absolute atomic E-state index is 0.651. The summed E-state index contributed by atoms with van der Waals surface area (Å²) in [4.78, 5) is 10.5. The second-order valence-corrected chi connectivity index (χ2v) is 15.6. The molecule has 8 aromatic carbocycles. The van der Waals surface area contributed by atoms with E-state index in [4.69, 9.17) is 19.5 Å². The Bertz CT molecular complexity index is 3630. The largest absolute Gasteiger partial charge is 0.456 e. The van der Waals surface area contributed by atoms with Gasteiger partial charge in [-0.3, -0.25) is 0 Å². The van der Waals surface area contributed by atoms with Crippen molar-refractivity contribution in [2.24, 2.45) is 0 Å². The molecule has 0 radical (unpaired) electrons. The van der Waals surface area contributed by atoms with Crippen LogP contribution in [0.4, 0.5) is 0 Å². The van der Waals surface area contributed by atoms with Crippen molar-refractivity contribution >= 4 is 38.2 Å². The number of para-hydroxylation sites is 1. The van der Waals surface area contributed by atoms with Gasteiger partial charge in [-0.25, -0.2) is 14.5 Å². The van der Waals surface area contributed by atoms with Crippen LogP contribution < -0.4 is 0 Å². The second kappa shape index (κ2) is 14.7. The zero-order valence-electron chi connectivity index (χ0n) is 33.5. The molecule has 12 rings (SSSR count). The Hall–Kier alpha value is -8.41. The number of fused-ring (bicyclic) bond motifs is 6. The molecular weight excluding hydrogens is 757 g/mol. The van der Waals surface area contributed by atoms with Crippen LogP contribution in [0, 0.1) is 0 Å². The third-order valence-electron chi connectivity index (χ3n) is 11.8. The molecular formula is C57H36N4O. The molecule has 0 fully saturated rings. The van der Waals surface area contributed by atoms with E-state index < -0.39 is 0 Å². The number of hydrogen-bond donors (Lipinski definition) is 0. The summed E-state index contributed by atoms with van der Waals surface area (Å²) in [7, 11) is 0. The molecule has 0 saturated carbocycles. The quantitative estimate of drug-likeness (QED) is 0.161. The van der Waals surface area contributed by atoms with E-state index >= 15 is 0 Å². The Morgan fingerprint density at radius 1 is 0.355 bits per heavy atom. The molecule has 0 unspecified atom stereocenters. The lowest BCUT2D eigenvalue weighted by Crippen LogP contribution is -1.96. The summed E-state index contributed by atoms with van der Waals surface area (Å²) in [6, 6.07) is 76.2. The van der Waals surface area contributed by atoms with Gasteiger partial charge in [-0.15, -0.1) is 0 Å². The van der Waals surface area contributed by atoms with Gasteiger partial charge in [0.2, 0.25) is 0 Å². The summed E-state index contributed by atoms with van der Waals surface area (Å²) in [6.07, 6.45) is 0. The maximum Gasteiger partial charge on any atom is 0.160 e. The van der Waals surface area contributed by atoms with Crippen molar-refractivity contribution in [2.75, 3.05) is 0 Å². The molecule has 12 aromatic rings. The Balaban J connectivity index is 1.04. The van der Waals surface area contributed by atoms with Crippen LogP contribution in [-0.4, -0.2) is 19.6 Å². The first-order valence-electron chi connectivity index (χ1n) is 20.8. The molecule has 290 valence electrons. The number of hydrogen-bond acceptors (Lipinski definition) is 4. The molecule has 0 aliphatic carbocycles. The molecule has 0 amide bonds. The molecule has 4 aromatic heterocycles. The summed E-state index contributed by atoms with van der Waals surface area (Å²) in [6.45, 7) is 0. The number of pyridine rings is 1. The molecule has 5 nitrogen and oxygen atoms in total. The third kappa shape index (κ3) is 6.14. The Morgan fingerprint density at radius 2 is 0.919 bits per heavy atom. The zero-order valence-corrected chi connectivity index (χ0v) is 33.5. The van der Waals surface area contributed by atoms with E-state index in [0.717, 1.165) is 111 Å². The van der Waals surface area contributed by atoms with E-state index in [1.54, 1.807) is 0 Å². The summed E-state index contributed by atoms with van der Waals surface area (Å²) in [5.41, 5.74) is 15.8. The molecule has 0 N–H and O–H groups in total. The first-order chi connectivity index (χ1) is 30.7. The van der Waals surface area contributed by atoms with Crippen LogP contribution >= 0.6 is 0 Å². The fourth-order valence-corrected chi connectivity index (χ4v) is 8.83. The van der Waals surface area contributed by atoms with Gasteiger partial charge in [0, 0.05) is 49.5 Å². The van der Waals surface area contributed by atoms with Crippen molar-refractivity contribution in [3.05, 3.63) is 218 Å². The summed E-state index contributed by atoms with van der Waals surface area (Å²) in [5, 5.41) is 9.96. The summed E-state index contributed by atoms with van der Waals surface area (Å²) >= 11 is 0. The number of nitrogens with zero attached hydrogens (tertiary/aromatic N) is 4. The van der Waals surface area contributed by atoms with Gasteiger partial charge in [0.05, 0.1) is 22.6 Å². The Labute approximate surface area is 357 Å². The number of rotatable bonds is 7. The Kier molecular flexibility index (Phi) is 8.42. The average Bonchev–Trinajstić information content (AvgIpc) is 3.94. The second-order valence-electron chi connectivity index (χ2n) is 15.6. The van der Waals surface area contributed by atoms with Crippen LogP contribution in [-0.2, 0) is 0 Å². The van der Waals surface area contributed by atoms with E-state index in [0.29, 0.717) is 5.82 Å². The van der Waals surface area contributed by atoms with Crippen molar-refractivity contribution in [2.45, 2.75) is 0 Å². The smallest absolute Gasteiger partial charge is 0.160 e. The maximum absolute atomic E-state index is 6.27. The predicted molar refractivity (Wildman–Crippen MR) is 254 cm³/mol.